The van der Waals surface area contributed by atoms with Gasteiger partial charge in [0.05, 0.1) is 11.8 Å². The second-order valence-electron chi connectivity index (χ2n) is 9.44. The van der Waals surface area contributed by atoms with Crippen LogP contribution in [0.15, 0.2) is 23.3 Å². The Hall–Kier alpha value is -1.10. The molecule has 0 aromatic heterocycles. The average Bonchev–Trinajstić information content (AvgIpc) is 2.71. The first-order valence-electron chi connectivity index (χ1n) is 12.3. The Morgan fingerprint density at radius 3 is 2.32 bits per heavy atom. The van der Waals surface area contributed by atoms with Gasteiger partial charge in [-0.2, -0.15) is 5.10 Å². The van der Waals surface area contributed by atoms with Crippen LogP contribution in [0.25, 0.3) is 0 Å². The van der Waals surface area contributed by atoms with E-state index >= 15 is 0 Å². The molecular weight excluding hydrogens is 406 g/mol. The molecule has 0 unspecified atom stereocenters. The van der Waals surface area contributed by atoms with Crippen LogP contribution in [0.2, 0.25) is 0 Å². The van der Waals surface area contributed by atoms with Crippen LogP contribution in [0.4, 0.5) is 5.69 Å². The molecule has 0 saturated carbocycles. The van der Waals surface area contributed by atoms with Crippen molar-refractivity contribution in [2.24, 2.45) is 5.10 Å². The molecular formula is C26H46ClN3O. The van der Waals surface area contributed by atoms with Crippen LogP contribution >= 0.6 is 12.4 Å². The average molecular weight is 452 g/mol. The van der Waals surface area contributed by atoms with Crippen LogP contribution in [0, 0.1) is 13.8 Å². The molecule has 1 aromatic carbocycles. The van der Waals surface area contributed by atoms with Crippen molar-refractivity contribution in [1.82, 2.24) is 5.32 Å². The SMILES string of the molecule is C/C(CCCCCCCCCC[C@H]1CC[C@@H](O)[C@@H](C)N1)=N/Nc1ccc(C)cc1C.Cl. The smallest absolute Gasteiger partial charge is 0.0691 e. The monoisotopic (exact) mass is 451 g/mol. The highest BCUT2D eigenvalue weighted by molar-refractivity contribution is 5.85. The first-order valence-corrected chi connectivity index (χ1v) is 12.3. The molecule has 1 saturated heterocycles. The first-order chi connectivity index (χ1) is 14.5. The van der Waals surface area contributed by atoms with Crippen molar-refractivity contribution in [2.75, 3.05) is 5.43 Å². The molecule has 1 aromatic rings. The van der Waals surface area contributed by atoms with Crippen molar-refractivity contribution >= 4 is 23.8 Å². The fourth-order valence-electron chi connectivity index (χ4n) is 4.40. The Bertz CT molecular complexity index is 650. The number of benzene rings is 1. The molecule has 0 spiro atoms. The fraction of sp³-hybridized carbons (Fsp3) is 0.731. The van der Waals surface area contributed by atoms with Gasteiger partial charge in [-0.05, 0) is 71.4 Å². The molecule has 178 valence electrons. The molecule has 31 heavy (non-hydrogen) atoms. The summed E-state index contributed by atoms with van der Waals surface area (Å²) < 4.78 is 0. The standard InChI is InChI=1S/C26H45N3O.ClH/c1-20-15-17-25(21(2)19-20)29-28-22(3)13-11-9-7-5-6-8-10-12-14-24-16-18-26(30)23(4)27-24;/h15,17,19,23-24,26-27,29-30H,5-14,16,18H2,1-4H3;1H/b28-22-;/t23-,24+,26-;/m1./s1. The van der Waals surface area contributed by atoms with Gasteiger partial charge >= 0.3 is 0 Å². The molecule has 1 aliphatic rings. The van der Waals surface area contributed by atoms with Crippen molar-refractivity contribution in [3.8, 4) is 0 Å². The maximum absolute atomic E-state index is 9.78. The second-order valence-corrected chi connectivity index (χ2v) is 9.44. The molecule has 1 fully saturated rings. The number of aliphatic hydroxyl groups is 1. The fourth-order valence-corrected chi connectivity index (χ4v) is 4.40. The van der Waals surface area contributed by atoms with Crippen LogP contribution < -0.4 is 10.7 Å². The zero-order valence-corrected chi connectivity index (χ0v) is 21.1. The number of hydrogen-bond donors (Lipinski definition) is 3. The third-order valence-corrected chi connectivity index (χ3v) is 6.48. The summed E-state index contributed by atoms with van der Waals surface area (Å²) >= 11 is 0. The van der Waals surface area contributed by atoms with Gasteiger partial charge < -0.3 is 10.4 Å². The Morgan fingerprint density at radius 2 is 1.68 bits per heavy atom. The number of nitrogens with one attached hydrogen (secondary N) is 2. The number of rotatable bonds is 13. The summed E-state index contributed by atoms with van der Waals surface area (Å²) in [5, 5.41) is 17.9. The number of piperidine rings is 1. The molecule has 0 amide bonds. The van der Waals surface area contributed by atoms with Crippen LogP contribution in [-0.2, 0) is 0 Å². The van der Waals surface area contributed by atoms with Gasteiger partial charge in [-0.1, -0.05) is 62.6 Å². The van der Waals surface area contributed by atoms with E-state index in [0.29, 0.717) is 6.04 Å². The van der Waals surface area contributed by atoms with E-state index in [1.54, 1.807) is 0 Å². The maximum Gasteiger partial charge on any atom is 0.0691 e. The number of aryl methyl sites for hydroxylation is 2. The van der Waals surface area contributed by atoms with Crippen molar-refractivity contribution in [1.29, 1.82) is 0 Å². The number of aliphatic hydroxyl groups excluding tert-OH is 1. The Labute approximate surface area is 197 Å². The van der Waals surface area contributed by atoms with Crippen LogP contribution in [0.3, 0.4) is 0 Å². The summed E-state index contributed by atoms with van der Waals surface area (Å²) in [4.78, 5) is 0. The Kier molecular flexibility index (Phi) is 14.1. The lowest BCUT2D eigenvalue weighted by Crippen LogP contribution is -2.48. The van der Waals surface area contributed by atoms with Gasteiger partial charge in [0.2, 0.25) is 0 Å². The molecule has 1 aliphatic heterocycles. The molecule has 1 heterocycles. The second kappa shape index (κ2) is 15.7. The lowest BCUT2D eigenvalue weighted by Gasteiger charge is -2.32. The maximum atomic E-state index is 9.78. The minimum Gasteiger partial charge on any atom is -0.392 e. The summed E-state index contributed by atoms with van der Waals surface area (Å²) in [5.41, 5.74) is 8.04. The minimum atomic E-state index is -0.148. The summed E-state index contributed by atoms with van der Waals surface area (Å²) in [7, 11) is 0. The predicted molar refractivity (Wildman–Crippen MR) is 138 cm³/mol. The van der Waals surface area contributed by atoms with E-state index in [0.717, 1.165) is 24.9 Å². The van der Waals surface area contributed by atoms with Crippen molar-refractivity contribution in [2.45, 2.75) is 123 Å². The molecule has 0 radical (unpaired) electrons. The summed E-state index contributed by atoms with van der Waals surface area (Å²) in [6, 6.07) is 7.31. The molecule has 5 heteroatoms. The Balaban J connectivity index is 0.00000480. The number of halogens is 1. The number of hydrogen-bond acceptors (Lipinski definition) is 4. The largest absolute Gasteiger partial charge is 0.392 e. The molecule has 0 aliphatic carbocycles. The number of hydrazone groups is 1. The van der Waals surface area contributed by atoms with Gasteiger partial charge in [-0.25, -0.2) is 0 Å². The van der Waals surface area contributed by atoms with Gasteiger partial charge in [-0.3, -0.25) is 5.43 Å². The van der Waals surface area contributed by atoms with Crippen LogP contribution in [-0.4, -0.2) is 29.0 Å². The first kappa shape index (κ1) is 27.9. The van der Waals surface area contributed by atoms with E-state index in [2.05, 4.69) is 61.7 Å². The highest BCUT2D eigenvalue weighted by atomic mass is 35.5. The van der Waals surface area contributed by atoms with Crippen molar-refractivity contribution in [3.05, 3.63) is 29.3 Å². The third-order valence-electron chi connectivity index (χ3n) is 6.48. The van der Waals surface area contributed by atoms with E-state index < -0.39 is 0 Å². The van der Waals surface area contributed by atoms with E-state index in [9.17, 15) is 5.11 Å². The van der Waals surface area contributed by atoms with Crippen molar-refractivity contribution < 1.29 is 5.11 Å². The number of anilines is 1. The van der Waals surface area contributed by atoms with E-state index in [4.69, 9.17) is 0 Å². The van der Waals surface area contributed by atoms with Gasteiger partial charge in [0.25, 0.3) is 0 Å². The van der Waals surface area contributed by atoms with E-state index in [1.165, 1.54) is 74.6 Å². The van der Waals surface area contributed by atoms with Gasteiger partial charge in [0, 0.05) is 17.8 Å². The molecule has 0 bridgehead atoms. The van der Waals surface area contributed by atoms with Crippen molar-refractivity contribution in [3.63, 3.8) is 0 Å². The number of unbranched alkanes of at least 4 members (excludes halogenated alkanes) is 7. The highest BCUT2D eigenvalue weighted by Gasteiger charge is 2.24. The highest BCUT2D eigenvalue weighted by Crippen LogP contribution is 2.19. The molecule has 3 N–H and O–H groups in total. The van der Waals surface area contributed by atoms with Gasteiger partial charge in [0.1, 0.15) is 0 Å². The topological polar surface area (TPSA) is 56.6 Å². The quantitative estimate of drug-likeness (QED) is 0.173. The summed E-state index contributed by atoms with van der Waals surface area (Å²) in [5.74, 6) is 0. The normalized spacial score (nSPS) is 21.6. The van der Waals surface area contributed by atoms with Gasteiger partial charge in [0.15, 0.2) is 0 Å². The van der Waals surface area contributed by atoms with Gasteiger partial charge in [-0.15, -0.1) is 12.4 Å². The predicted octanol–water partition coefficient (Wildman–Crippen LogP) is 6.92. The summed E-state index contributed by atoms with van der Waals surface area (Å²) in [6.45, 7) is 8.47. The van der Waals surface area contributed by atoms with E-state index in [1.807, 2.05) is 0 Å². The van der Waals surface area contributed by atoms with Crippen LogP contribution in [0.1, 0.15) is 102 Å². The number of nitrogens with zero attached hydrogens (tertiary/aromatic N) is 1. The zero-order valence-electron chi connectivity index (χ0n) is 20.3. The lowest BCUT2D eigenvalue weighted by atomic mass is 9.93. The summed E-state index contributed by atoms with van der Waals surface area (Å²) in [6.07, 6.45) is 15.0. The third kappa shape index (κ3) is 11.4. The molecule has 4 nitrogen and oxygen atoms in total. The lowest BCUT2D eigenvalue weighted by molar-refractivity contribution is 0.0849. The zero-order chi connectivity index (χ0) is 21.8. The molecule has 3 atom stereocenters. The molecule has 2 rings (SSSR count). The Morgan fingerprint density at radius 1 is 1.03 bits per heavy atom. The van der Waals surface area contributed by atoms with E-state index in [-0.39, 0.29) is 24.6 Å². The van der Waals surface area contributed by atoms with Crippen LogP contribution in [0.5, 0.6) is 0 Å². The minimum absolute atomic E-state index is 0.